The molecular weight excluding hydrogens is 388 g/mol. The zero-order valence-corrected chi connectivity index (χ0v) is 22.0. The molecule has 0 radical (unpaired) electrons. The molecule has 0 aromatic carbocycles. The highest BCUT2D eigenvalue weighted by atomic mass is 15.1. The van der Waals surface area contributed by atoms with Crippen LogP contribution < -0.4 is 0 Å². The van der Waals surface area contributed by atoms with Crippen LogP contribution in [0.3, 0.4) is 0 Å². The number of pyridine rings is 1. The van der Waals surface area contributed by atoms with Gasteiger partial charge in [-0.3, -0.25) is 9.88 Å². The van der Waals surface area contributed by atoms with Crippen molar-refractivity contribution in [2.75, 3.05) is 13.1 Å². The average Bonchev–Trinajstić information content (AvgIpc) is 2.82. The summed E-state index contributed by atoms with van der Waals surface area (Å²) in [5.74, 6) is 0. The predicted molar refractivity (Wildman–Crippen MR) is 143 cm³/mol. The molecule has 186 valence electrons. The fourth-order valence-corrected chi connectivity index (χ4v) is 4.64. The van der Waals surface area contributed by atoms with Crippen LogP contribution in [0.15, 0.2) is 24.4 Å². The minimum absolute atomic E-state index is 1.02. The van der Waals surface area contributed by atoms with Gasteiger partial charge in [0.1, 0.15) is 0 Å². The highest BCUT2D eigenvalue weighted by Gasteiger charge is 2.07. The van der Waals surface area contributed by atoms with Gasteiger partial charge in [0, 0.05) is 12.7 Å². The summed E-state index contributed by atoms with van der Waals surface area (Å²) in [6.07, 6.45) is 30.3. The summed E-state index contributed by atoms with van der Waals surface area (Å²) in [6.45, 7) is 8.10. The molecule has 0 fully saturated rings. The van der Waals surface area contributed by atoms with E-state index in [9.17, 15) is 0 Å². The quantitative estimate of drug-likeness (QED) is 0.147. The molecule has 0 spiro atoms. The molecule has 0 bridgehead atoms. The normalized spacial score (nSPS) is 11.5. The van der Waals surface area contributed by atoms with Gasteiger partial charge in [0.2, 0.25) is 0 Å². The van der Waals surface area contributed by atoms with Crippen LogP contribution in [0.5, 0.6) is 0 Å². The maximum atomic E-state index is 4.58. The second-order valence-corrected chi connectivity index (χ2v) is 9.96. The summed E-state index contributed by atoms with van der Waals surface area (Å²) in [5, 5.41) is 0. The summed E-state index contributed by atoms with van der Waals surface area (Å²) in [4.78, 5) is 7.24. The first-order chi connectivity index (χ1) is 15.9. The largest absolute Gasteiger partial charge is 0.298 e. The number of aromatic nitrogens is 1. The highest BCUT2D eigenvalue weighted by molar-refractivity contribution is 5.03. The minimum Gasteiger partial charge on any atom is -0.298 e. The van der Waals surface area contributed by atoms with Crippen LogP contribution in [-0.4, -0.2) is 23.0 Å². The number of hydrogen-bond acceptors (Lipinski definition) is 2. The fourth-order valence-electron chi connectivity index (χ4n) is 4.64. The van der Waals surface area contributed by atoms with Crippen molar-refractivity contribution in [3.63, 3.8) is 0 Å². The highest BCUT2D eigenvalue weighted by Crippen LogP contribution is 2.14. The maximum absolute atomic E-state index is 4.58. The third-order valence-corrected chi connectivity index (χ3v) is 6.77. The summed E-state index contributed by atoms with van der Waals surface area (Å²) < 4.78 is 0. The Morgan fingerprint density at radius 3 is 1.31 bits per heavy atom. The molecule has 1 rings (SSSR count). The third kappa shape index (κ3) is 18.7. The van der Waals surface area contributed by atoms with Crippen LogP contribution in [0, 0.1) is 0 Å². The minimum atomic E-state index is 1.02. The van der Waals surface area contributed by atoms with Crippen molar-refractivity contribution in [3.05, 3.63) is 30.1 Å². The second-order valence-electron chi connectivity index (χ2n) is 9.96. The lowest BCUT2D eigenvalue weighted by Gasteiger charge is -2.22. The fraction of sp³-hybridized carbons (Fsp3) is 0.833. The van der Waals surface area contributed by atoms with E-state index >= 15 is 0 Å². The topological polar surface area (TPSA) is 16.1 Å². The summed E-state index contributed by atoms with van der Waals surface area (Å²) in [5.41, 5.74) is 1.23. The molecule has 1 aromatic heterocycles. The molecule has 0 saturated heterocycles. The SMILES string of the molecule is CCCCCCCCCCCCN(CCCCCCCCCCCC)Cc1ccccn1. The van der Waals surface area contributed by atoms with Crippen LogP contribution in [0.25, 0.3) is 0 Å². The summed E-state index contributed by atoms with van der Waals surface area (Å²) >= 11 is 0. The van der Waals surface area contributed by atoms with Gasteiger partial charge in [-0.2, -0.15) is 0 Å². The smallest absolute Gasteiger partial charge is 0.0543 e. The van der Waals surface area contributed by atoms with Gasteiger partial charge < -0.3 is 0 Å². The van der Waals surface area contributed by atoms with Gasteiger partial charge >= 0.3 is 0 Å². The number of hydrogen-bond donors (Lipinski definition) is 0. The van der Waals surface area contributed by atoms with E-state index in [4.69, 9.17) is 0 Å². The molecule has 2 heteroatoms. The summed E-state index contributed by atoms with van der Waals surface area (Å²) in [6, 6.07) is 6.34. The van der Waals surface area contributed by atoms with E-state index in [1.807, 2.05) is 12.3 Å². The molecule has 0 aliphatic heterocycles. The van der Waals surface area contributed by atoms with Gasteiger partial charge in [0.15, 0.2) is 0 Å². The molecule has 0 N–H and O–H groups in total. The van der Waals surface area contributed by atoms with Crippen molar-refractivity contribution in [1.29, 1.82) is 0 Å². The Morgan fingerprint density at radius 2 is 0.938 bits per heavy atom. The number of unbranched alkanes of at least 4 members (excludes halogenated alkanes) is 18. The van der Waals surface area contributed by atoms with Gasteiger partial charge in [0.05, 0.1) is 5.69 Å². The van der Waals surface area contributed by atoms with E-state index in [-0.39, 0.29) is 0 Å². The number of nitrogens with zero attached hydrogens (tertiary/aromatic N) is 2. The Morgan fingerprint density at radius 1 is 0.531 bits per heavy atom. The Labute approximate surface area is 202 Å². The van der Waals surface area contributed by atoms with Crippen molar-refractivity contribution < 1.29 is 0 Å². The van der Waals surface area contributed by atoms with Crippen molar-refractivity contribution in [2.24, 2.45) is 0 Å². The van der Waals surface area contributed by atoms with Gasteiger partial charge in [-0.1, -0.05) is 135 Å². The van der Waals surface area contributed by atoms with Crippen molar-refractivity contribution in [3.8, 4) is 0 Å². The third-order valence-electron chi connectivity index (χ3n) is 6.77. The van der Waals surface area contributed by atoms with E-state index in [0.717, 1.165) is 6.54 Å². The Kier molecular flexibility index (Phi) is 21.2. The van der Waals surface area contributed by atoms with Gasteiger partial charge in [-0.25, -0.2) is 0 Å². The first kappa shape index (κ1) is 29.1. The lowest BCUT2D eigenvalue weighted by atomic mass is 10.1. The lowest BCUT2D eigenvalue weighted by molar-refractivity contribution is 0.249. The molecule has 1 heterocycles. The first-order valence-electron chi connectivity index (χ1n) is 14.5. The zero-order valence-electron chi connectivity index (χ0n) is 22.0. The van der Waals surface area contributed by atoms with Crippen LogP contribution in [0.2, 0.25) is 0 Å². The maximum Gasteiger partial charge on any atom is 0.0543 e. The van der Waals surface area contributed by atoms with Crippen molar-refractivity contribution in [1.82, 2.24) is 9.88 Å². The molecule has 0 saturated carbocycles. The molecule has 0 aliphatic rings. The van der Waals surface area contributed by atoms with E-state index < -0.39 is 0 Å². The Balaban J connectivity index is 2.11. The molecule has 0 atom stereocenters. The zero-order chi connectivity index (χ0) is 23.0. The van der Waals surface area contributed by atoms with E-state index in [2.05, 4.69) is 35.9 Å². The van der Waals surface area contributed by atoms with Crippen molar-refractivity contribution in [2.45, 2.75) is 149 Å². The summed E-state index contributed by atoms with van der Waals surface area (Å²) in [7, 11) is 0. The molecule has 0 unspecified atom stereocenters. The van der Waals surface area contributed by atoms with Crippen LogP contribution >= 0.6 is 0 Å². The van der Waals surface area contributed by atoms with E-state index in [0.29, 0.717) is 0 Å². The lowest BCUT2D eigenvalue weighted by Crippen LogP contribution is -2.26. The molecule has 0 aliphatic carbocycles. The molecule has 2 nitrogen and oxygen atoms in total. The number of rotatable bonds is 24. The second kappa shape index (κ2) is 23.3. The monoisotopic (exact) mass is 444 g/mol. The van der Waals surface area contributed by atoms with Gasteiger partial charge in [-0.05, 0) is 38.1 Å². The average molecular weight is 445 g/mol. The van der Waals surface area contributed by atoms with Gasteiger partial charge in [0.25, 0.3) is 0 Å². The van der Waals surface area contributed by atoms with Gasteiger partial charge in [-0.15, -0.1) is 0 Å². The predicted octanol–water partition coefficient (Wildman–Crippen LogP) is 9.73. The molecular formula is C30H56N2. The van der Waals surface area contributed by atoms with E-state index in [1.165, 1.54) is 147 Å². The van der Waals surface area contributed by atoms with Crippen LogP contribution in [0.1, 0.15) is 148 Å². The Bertz CT molecular complexity index is 449. The molecule has 32 heavy (non-hydrogen) atoms. The molecule has 1 aromatic rings. The first-order valence-corrected chi connectivity index (χ1v) is 14.5. The van der Waals surface area contributed by atoms with Crippen LogP contribution in [0.4, 0.5) is 0 Å². The van der Waals surface area contributed by atoms with Crippen molar-refractivity contribution >= 4 is 0 Å². The van der Waals surface area contributed by atoms with Crippen LogP contribution in [-0.2, 0) is 6.54 Å². The van der Waals surface area contributed by atoms with E-state index in [1.54, 1.807) is 0 Å². The standard InChI is InChI=1S/C30H56N2/c1-3-5-7-9-11-13-15-17-19-23-27-32(29-30-25-21-22-26-31-30)28-24-20-18-16-14-12-10-8-6-4-2/h21-22,25-26H,3-20,23-24,27-29H2,1-2H3. The molecule has 0 amide bonds. The Hall–Kier alpha value is -0.890.